The third kappa shape index (κ3) is 2.29. The summed E-state index contributed by atoms with van der Waals surface area (Å²) >= 11 is 0. The Hall–Kier alpha value is -2.27. The van der Waals surface area contributed by atoms with E-state index in [1.807, 2.05) is 35.0 Å². The molecule has 2 aromatic heterocycles. The van der Waals surface area contributed by atoms with E-state index >= 15 is 0 Å². The zero-order chi connectivity index (χ0) is 14.2. The van der Waals surface area contributed by atoms with E-state index in [9.17, 15) is 5.11 Å². The normalized spacial score (nSPS) is 16.2. The zero-order valence-electron chi connectivity index (χ0n) is 11.6. The lowest BCUT2D eigenvalue weighted by Crippen LogP contribution is -2.14. The van der Waals surface area contributed by atoms with Gasteiger partial charge in [0.1, 0.15) is 6.33 Å². The maximum atomic E-state index is 10.1. The molecule has 5 heteroatoms. The standard InChI is InChI=1S/C16H16N4O/c21-15(11-6-7-11)8-14-13-9-19-20(16(13)18-10-17-14)12-4-2-1-3-5-12/h1-5,9-11,15,21H,6-8H2. The Morgan fingerprint density at radius 3 is 2.76 bits per heavy atom. The van der Waals surface area contributed by atoms with Crippen LogP contribution in [0.2, 0.25) is 0 Å². The van der Waals surface area contributed by atoms with Crippen LogP contribution in [-0.4, -0.2) is 31.0 Å². The second kappa shape index (κ2) is 4.93. The Balaban J connectivity index is 1.75. The summed E-state index contributed by atoms with van der Waals surface area (Å²) in [6.07, 6.45) is 5.86. The molecule has 1 aliphatic rings. The van der Waals surface area contributed by atoms with Crippen molar-refractivity contribution < 1.29 is 5.11 Å². The molecule has 1 atom stereocenters. The average molecular weight is 280 g/mol. The van der Waals surface area contributed by atoms with Crippen molar-refractivity contribution in [3.05, 3.63) is 48.5 Å². The van der Waals surface area contributed by atoms with Crippen molar-refractivity contribution in [3.63, 3.8) is 0 Å². The van der Waals surface area contributed by atoms with Gasteiger partial charge in [0.25, 0.3) is 0 Å². The highest BCUT2D eigenvalue weighted by Crippen LogP contribution is 2.34. The van der Waals surface area contributed by atoms with Crippen molar-refractivity contribution >= 4 is 11.0 Å². The molecule has 0 bridgehead atoms. The minimum absolute atomic E-state index is 0.303. The summed E-state index contributed by atoms with van der Waals surface area (Å²) in [5.41, 5.74) is 2.63. The van der Waals surface area contributed by atoms with Gasteiger partial charge >= 0.3 is 0 Å². The van der Waals surface area contributed by atoms with Crippen LogP contribution in [0.25, 0.3) is 16.7 Å². The molecule has 1 N–H and O–H groups in total. The number of benzene rings is 1. The number of hydrogen-bond acceptors (Lipinski definition) is 4. The van der Waals surface area contributed by atoms with Crippen LogP contribution in [0, 0.1) is 5.92 Å². The number of nitrogens with zero attached hydrogens (tertiary/aromatic N) is 4. The maximum Gasteiger partial charge on any atom is 0.166 e. The quantitative estimate of drug-likeness (QED) is 0.795. The SMILES string of the molecule is OC(Cc1ncnc2c1cnn2-c1ccccc1)C1CC1. The van der Waals surface area contributed by atoms with Gasteiger partial charge in [-0.2, -0.15) is 5.10 Å². The monoisotopic (exact) mass is 280 g/mol. The maximum absolute atomic E-state index is 10.1. The van der Waals surface area contributed by atoms with Crippen LogP contribution < -0.4 is 0 Å². The number of rotatable bonds is 4. The van der Waals surface area contributed by atoms with Gasteiger partial charge in [-0.1, -0.05) is 18.2 Å². The van der Waals surface area contributed by atoms with Crippen LogP contribution in [-0.2, 0) is 6.42 Å². The van der Waals surface area contributed by atoms with Crippen molar-refractivity contribution in [2.75, 3.05) is 0 Å². The molecule has 1 saturated carbocycles. The van der Waals surface area contributed by atoms with Crippen molar-refractivity contribution in [1.29, 1.82) is 0 Å². The molecule has 0 saturated heterocycles. The Labute approximate surface area is 122 Å². The van der Waals surface area contributed by atoms with Crippen LogP contribution in [0.4, 0.5) is 0 Å². The predicted octanol–water partition coefficient (Wildman–Crippen LogP) is 2.13. The van der Waals surface area contributed by atoms with E-state index in [0.29, 0.717) is 12.3 Å². The van der Waals surface area contributed by atoms with Crippen molar-refractivity contribution in [2.45, 2.75) is 25.4 Å². The van der Waals surface area contributed by atoms with Crippen LogP contribution in [0.15, 0.2) is 42.9 Å². The topological polar surface area (TPSA) is 63.8 Å². The number of aliphatic hydroxyl groups excluding tert-OH is 1. The second-order valence-corrected chi connectivity index (χ2v) is 5.56. The summed E-state index contributed by atoms with van der Waals surface area (Å²) in [6.45, 7) is 0. The minimum Gasteiger partial charge on any atom is -0.392 e. The van der Waals surface area contributed by atoms with Gasteiger partial charge in [-0.25, -0.2) is 14.6 Å². The summed E-state index contributed by atoms with van der Waals surface area (Å²) in [5.74, 6) is 0.444. The summed E-state index contributed by atoms with van der Waals surface area (Å²) < 4.78 is 1.81. The largest absolute Gasteiger partial charge is 0.392 e. The third-order valence-corrected chi connectivity index (χ3v) is 4.02. The molecule has 3 aromatic rings. The lowest BCUT2D eigenvalue weighted by molar-refractivity contribution is 0.151. The van der Waals surface area contributed by atoms with Crippen molar-refractivity contribution in [2.24, 2.45) is 5.92 Å². The number of aliphatic hydroxyl groups is 1. The molecule has 21 heavy (non-hydrogen) atoms. The molecule has 0 spiro atoms. The van der Waals surface area contributed by atoms with E-state index in [-0.39, 0.29) is 6.10 Å². The second-order valence-electron chi connectivity index (χ2n) is 5.56. The summed E-state index contributed by atoms with van der Waals surface area (Å²) in [6, 6.07) is 9.91. The van der Waals surface area contributed by atoms with Gasteiger partial charge in [-0.05, 0) is 30.9 Å². The molecular formula is C16H16N4O. The minimum atomic E-state index is -0.303. The Bertz CT molecular complexity index is 764. The molecule has 1 aromatic carbocycles. The van der Waals surface area contributed by atoms with Gasteiger partial charge in [0, 0.05) is 6.42 Å². The summed E-state index contributed by atoms with van der Waals surface area (Å²) in [7, 11) is 0. The molecule has 1 aliphatic carbocycles. The highest BCUT2D eigenvalue weighted by atomic mass is 16.3. The fraction of sp³-hybridized carbons (Fsp3) is 0.312. The van der Waals surface area contributed by atoms with Crippen molar-refractivity contribution in [3.8, 4) is 5.69 Å². The molecule has 106 valence electrons. The first-order valence-corrected chi connectivity index (χ1v) is 7.24. The number of fused-ring (bicyclic) bond motifs is 1. The smallest absolute Gasteiger partial charge is 0.166 e. The lowest BCUT2D eigenvalue weighted by Gasteiger charge is -2.09. The van der Waals surface area contributed by atoms with Crippen molar-refractivity contribution in [1.82, 2.24) is 19.7 Å². The summed E-state index contributed by atoms with van der Waals surface area (Å²) in [5, 5.41) is 15.5. The molecule has 0 amide bonds. The van der Waals surface area contributed by atoms with E-state index in [4.69, 9.17) is 0 Å². The molecule has 0 aliphatic heterocycles. The third-order valence-electron chi connectivity index (χ3n) is 4.02. The number of aromatic nitrogens is 4. The Kier molecular flexibility index (Phi) is 2.93. The highest BCUT2D eigenvalue weighted by Gasteiger charge is 2.30. The molecule has 1 unspecified atom stereocenters. The van der Waals surface area contributed by atoms with Gasteiger partial charge in [-0.15, -0.1) is 0 Å². The Morgan fingerprint density at radius 1 is 1.19 bits per heavy atom. The van der Waals surface area contributed by atoms with E-state index in [1.54, 1.807) is 12.5 Å². The van der Waals surface area contributed by atoms with E-state index in [0.717, 1.165) is 35.3 Å². The first-order valence-electron chi connectivity index (χ1n) is 7.24. The number of hydrogen-bond donors (Lipinski definition) is 1. The van der Waals surface area contributed by atoms with Gasteiger partial charge in [0.2, 0.25) is 0 Å². The molecule has 5 nitrogen and oxygen atoms in total. The molecular weight excluding hydrogens is 264 g/mol. The average Bonchev–Trinajstić information content (AvgIpc) is 3.28. The highest BCUT2D eigenvalue weighted by molar-refractivity contribution is 5.78. The van der Waals surface area contributed by atoms with Gasteiger partial charge in [0.15, 0.2) is 5.65 Å². The van der Waals surface area contributed by atoms with Gasteiger partial charge < -0.3 is 5.11 Å². The van der Waals surface area contributed by atoms with E-state index in [2.05, 4.69) is 15.1 Å². The molecule has 1 fully saturated rings. The Morgan fingerprint density at radius 2 is 2.00 bits per heavy atom. The fourth-order valence-corrected chi connectivity index (χ4v) is 2.66. The van der Waals surface area contributed by atoms with Crippen LogP contribution in [0.5, 0.6) is 0 Å². The lowest BCUT2D eigenvalue weighted by atomic mass is 10.1. The zero-order valence-corrected chi connectivity index (χ0v) is 11.6. The molecule has 2 heterocycles. The fourth-order valence-electron chi connectivity index (χ4n) is 2.66. The van der Waals surface area contributed by atoms with Crippen LogP contribution in [0.1, 0.15) is 18.5 Å². The van der Waals surface area contributed by atoms with Gasteiger partial charge in [-0.3, -0.25) is 0 Å². The summed E-state index contributed by atoms with van der Waals surface area (Å²) in [4.78, 5) is 8.69. The first kappa shape index (κ1) is 12.5. The van der Waals surface area contributed by atoms with Crippen LogP contribution in [0.3, 0.4) is 0 Å². The molecule has 0 radical (unpaired) electrons. The van der Waals surface area contributed by atoms with Crippen LogP contribution >= 0.6 is 0 Å². The van der Waals surface area contributed by atoms with Gasteiger partial charge in [0.05, 0.1) is 29.1 Å². The molecule has 4 rings (SSSR count). The first-order chi connectivity index (χ1) is 10.3. The predicted molar refractivity (Wildman–Crippen MR) is 79.1 cm³/mol. The number of para-hydroxylation sites is 1. The van der Waals surface area contributed by atoms with E-state index in [1.165, 1.54) is 0 Å². The van der Waals surface area contributed by atoms with E-state index < -0.39 is 0 Å².